The van der Waals surface area contributed by atoms with Crippen LogP contribution in [0.15, 0.2) is 22.6 Å². The van der Waals surface area contributed by atoms with Crippen molar-refractivity contribution in [2.45, 2.75) is 19.4 Å². The predicted molar refractivity (Wildman–Crippen MR) is 66.5 cm³/mol. The van der Waals surface area contributed by atoms with E-state index in [9.17, 15) is 5.11 Å². The molecule has 0 saturated heterocycles. The molecule has 0 aromatic carbocycles. The van der Waals surface area contributed by atoms with Crippen LogP contribution in [0.5, 0.6) is 0 Å². The second kappa shape index (κ2) is 4.80. The quantitative estimate of drug-likeness (QED) is 0.907. The Bertz CT molecular complexity index is 490. The molecule has 0 bridgehead atoms. The average Bonchev–Trinajstić information content (AvgIpc) is 2.84. The highest BCUT2D eigenvalue weighted by Crippen LogP contribution is 2.37. The Hall–Kier alpha value is -0.480. The van der Waals surface area contributed by atoms with Gasteiger partial charge >= 0.3 is 0 Å². The van der Waals surface area contributed by atoms with Crippen LogP contribution in [-0.2, 0) is 6.42 Å². The highest BCUT2D eigenvalue weighted by atomic mass is 35.5. The van der Waals surface area contributed by atoms with E-state index >= 15 is 0 Å². The van der Waals surface area contributed by atoms with Gasteiger partial charge in [0.15, 0.2) is 0 Å². The van der Waals surface area contributed by atoms with Gasteiger partial charge in [-0.3, -0.25) is 0 Å². The van der Waals surface area contributed by atoms with E-state index in [1.165, 1.54) is 11.3 Å². The molecule has 16 heavy (non-hydrogen) atoms. The molecule has 1 atom stereocenters. The fourth-order valence-electron chi connectivity index (χ4n) is 1.42. The lowest BCUT2D eigenvalue weighted by molar-refractivity contribution is 0.187. The molecule has 2 nitrogen and oxygen atoms in total. The van der Waals surface area contributed by atoms with Crippen LogP contribution in [0.2, 0.25) is 8.67 Å². The summed E-state index contributed by atoms with van der Waals surface area (Å²) in [5.41, 5.74) is 0.591. The molecule has 0 radical (unpaired) electrons. The molecule has 0 aliphatic carbocycles. The van der Waals surface area contributed by atoms with E-state index < -0.39 is 6.10 Å². The van der Waals surface area contributed by atoms with Crippen LogP contribution in [-0.4, -0.2) is 5.11 Å². The maximum atomic E-state index is 10.1. The van der Waals surface area contributed by atoms with Gasteiger partial charge in [-0.05, 0) is 18.2 Å². The van der Waals surface area contributed by atoms with Gasteiger partial charge in [0.1, 0.15) is 22.0 Å². The number of furan rings is 1. The van der Waals surface area contributed by atoms with Crippen molar-refractivity contribution in [2.24, 2.45) is 0 Å². The van der Waals surface area contributed by atoms with Gasteiger partial charge in [-0.25, -0.2) is 0 Å². The van der Waals surface area contributed by atoms with Crippen molar-refractivity contribution in [3.05, 3.63) is 44.0 Å². The van der Waals surface area contributed by atoms with Crippen LogP contribution in [0.25, 0.3) is 0 Å². The summed E-state index contributed by atoms with van der Waals surface area (Å²) in [5.74, 6) is 1.33. The number of rotatable bonds is 3. The van der Waals surface area contributed by atoms with E-state index in [2.05, 4.69) is 0 Å². The standard InChI is InChI=1S/C11H10Cl2O2S/c1-2-6-3-4-8(15-6)10(14)7-5-9(12)16-11(7)13/h3-5,10,14H,2H2,1H3. The Morgan fingerprint density at radius 1 is 1.44 bits per heavy atom. The van der Waals surface area contributed by atoms with Crippen molar-refractivity contribution in [2.75, 3.05) is 0 Å². The first-order valence-electron chi connectivity index (χ1n) is 4.83. The maximum absolute atomic E-state index is 10.1. The molecule has 0 aliphatic heterocycles. The van der Waals surface area contributed by atoms with Crippen molar-refractivity contribution >= 4 is 34.5 Å². The molecule has 0 spiro atoms. The highest BCUT2D eigenvalue weighted by molar-refractivity contribution is 7.20. The average molecular weight is 277 g/mol. The zero-order valence-electron chi connectivity index (χ0n) is 8.54. The molecule has 0 aliphatic rings. The lowest BCUT2D eigenvalue weighted by Gasteiger charge is -2.05. The predicted octanol–water partition coefficient (Wildman–Crippen LogP) is 4.29. The molecule has 2 heterocycles. The third-order valence-corrected chi connectivity index (χ3v) is 3.80. The second-order valence-corrected chi connectivity index (χ2v) is 5.63. The van der Waals surface area contributed by atoms with Crippen molar-refractivity contribution in [3.8, 4) is 0 Å². The monoisotopic (exact) mass is 276 g/mol. The van der Waals surface area contributed by atoms with E-state index in [0.29, 0.717) is 20.0 Å². The molecule has 0 saturated carbocycles. The molecular formula is C11H10Cl2O2S. The third-order valence-electron chi connectivity index (χ3n) is 2.28. The van der Waals surface area contributed by atoms with E-state index in [0.717, 1.165) is 12.2 Å². The van der Waals surface area contributed by atoms with Gasteiger partial charge in [-0.15, -0.1) is 11.3 Å². The van der Waals surface area contributed by atoms with Crippen molar-refractivity contribution in [1.82, 2.24) is 0 Å². The number of aliphatic hydroxyl groups is 1. The smallest absolute Gasteiger partial charge is 0.139 e. The number of halogens is 2. The number of hydrogen-bond acceptors (Lipinski definition) is 3. The zero-order chi connectivity index (χ0) is 11.7. The first-order chi connectivity index (χ1) is 7.61. The molecule has 1 unspecified atom stereocenters. The number of thiophene rings is 1. The first kappa shape index (κ1) is 12.0. The SMILES string of the molecule is CCc1ccc(C(O)c2cc(Cl)sc2Cl)o1. The van der Waals surface area contributed by atoms with E-state index in [4.69, 9.17) is 27.6 Å². The highest BCUT2D eigenvalue weighted by Gasteiger charge is 2.19. The van der Waals surface area contributed by atoms with Gasteiger partial charge in [0.2, 0.25) is 0 Å². The summed E-state index contributed by atoms with van der Waals surface area (Å²) < 4.78 is 6.52. The molecule has 2 rings (SSSR count). The van der Waals surface area contributed by atoms with E-state index in [-0.39, 0.29) is 0 Å². The van der Waals surface area contributed by atoms with Crippen molar-refractivity contribution in [3.63, 3.8) is 0 Å². The molecule has 2 aromatic heterocycles. The number of aliphatic hydroxyl groups excluding tert-OH is 1. The van der Waals surface area contributed by atoms with Gasteiger partial charge in [-0.2, -0.15) is 0 Å². The fourth-order valence-corrected chi connectivity index (χ4v) is 2.94. The topological polar surface area (TPSA) is 33.4 Å². The normalized spacial score (nSPS) is 13.0. The summed E-state index contributed by atoms with van der Waals surface area (Å²) >= 11 is 13.0. The molecule has 1 N–H and O–H groups in total. The molecule has 5 heteroatoms. The van der Waals surface area contributed by atoms with Crippen LogP contribution in [0.4, 0.5) is 0 Å². The van der Waals surface area contributed by atoms with Crippen LogP contribution in [0.1, 0.15) is 30.1 Å². The first-order valence-corrected chi connectivity index (χ1v) is 6.40. The van der Waals surface area contributed by atoms with Crippen molar-refractivity contribution < 1.29 is 9.52 Å². The molecule has 86 valence electrons. The Morgan fingerprint density at radius 3 is 2.69 bits per heavy atom. The van der Waals surface area contributed by atoms with Gasteiger partial charge < -0.3 is 9.52 Å². The summed E-state index contributed by atoms with van der Waals surface area (Å²) in [6.45, 7) is 1.99. The second-order valence-electron chi connectivity index (χ2n) is 3.34. The Labute approximate surface area is 107 Å². The summed E-state index contributed by atoms with van der Waals surface area (Å²) in [5, 5.41) is 10.1. The number of aryl methyl sites for hydroxylation is 1. The van der Waals surface area contributed by atoms with Crippen LogP contribution in [0, 0.1) is 0 Å². The third kappa shape index (κ3) is 2.28. The fraction of sp³-hybridized carbons (Fsp3) is 0.273. The van der Waals surface area contributed by atoms with Crippen LogP contribution >= 0.6 is 34.5 Å². The van der Waals surface area contributed by atoms with Gasteiger partial charge in [0.05, 0.1) is 4.34 Å². The van der Waals surface area contributed by atoms with E-state index in [1.54, 1.807) is 12.1 Å². The minimum atomic E-state index is -0.850. The molecule has 0 fully saturated rings. The summed E-state index contributed by atoms with van der Waals surface area (Å²) in [6.07, 6.45) is -0.0539. The summed E-state index contributed by atoms with van der Waals surface area (Å²) in [6, 6.07) is 5.26. The van der Waals surface area contributed by atoms with Crippen LogP contribution < -0.4 is 0 Å². The molecule has 0 amide bonds. The Balaban J connectivity index is 2.31. The van der Waals surface area contributed by atoms with Gasteiger partial charge in [-0.1, -0.05) is 30.1 Å². The number of hydrogen-bond donors (Lipinski definition) is 1. The largest absolute Gasteiger partial charge is 0.463 e. The minimum absolute atomic E-state index is 0.493. The summed E-state index contributed by atoms with van der Waals surface area (Å²) in [4.78, 5) is 0. The molecule has 2 aromatic rings. The van der Waals surface area contributed by atoms with Crippen molar-refractivity contribution in [1.29, 1.82) is 0 Å². The Morgan fingerprint density at radius 2 is 2.19 bits per heavy atom. The molecular weight excluding hydrogens is 267 g/mol. The zero-order valence-corrected chi connectivity index (χ0v) is 10.9. The summed E-state index contributed by atoms with van der Waals surface area (Å²) in [7, 11) is 0. The van der Waals surface area contributed by atoms with Gasteiger partial charge in [0.25, 0.3) is 0 Å². The lowest BCUT2D eigenvalue weighted by atomic mass is 10.1. The van der Waals surface area contributed by atoms with Crippen LogP contribution in [0.3, 0.4) is 0 Å². The van der Waals surface area contributed by atoms with Gasteiger partial charge in [0, 0.05) is 12.0 Å². The maximum Gasteiger partial charge on any atom is 0.139 e. The minimum Gasteiger partial charge on any atom is -0.463 e. The lowest BCUT2D eigenvalue weighted by Crippen LogP contribution is -1.96. The Kier molecular flexibility index (Phi) is 3.60. The van der Waals surface area contributed by atoms with E-state index in [1.807, 2.05) is 13.0 Å².